The van der Waals surface area contributed by atoms with Crippen molar-refractivity contribution in [1.82, 2.24) is 20.3 Å². The van der Waals surface area contributed by atoms with Crippen LogP contribution in [0.2, 0.25) is 0 Å². The fourth-order valence-corrected chi connectivity index (χ4v) is 4.37. The molecule has 1 aromatic carbocycles. The van der Waals surface area contributed by atoms with E-state index in [1.807, 2.05) is 30.5 Å². The maximum atomic E-state index is 8.91. The van der Waals surface area contributed by atoms with Gasteiger partial charge in [-0.1, -0.05) is 25.3 Å². The summed E-state index contributed by atoms with van der Waals surface area (Å²) in [6.07, 6.45) is 12.3. The lowest BCUT2D eigenvalue weighted by Crippen LogP contribution is -2.26. The number of piperidine rings is 1. The zero-order chi connectivity index (χ0) is 21.5. The lowest BCUT2D eigenvalue weighted by atomic mass is 9.91. The number of rotatable bonds is 4. The lowest BCUT2D eigenvalue weighted by Gasteiger charge is -2.22. The van der Waals surface area contributed by atoms with Crippen molar-refractivity contribution >= 4 is 22.7 Å². The second-order valence-corrected chi connectivity index (χ2v) is 8.37. The summed E-state index contributed by atoms with van der Waals surface area (Å²) in [6, 6.07) is 7.73. The molecule has 0 bridgehead atoms. The molecule has 5 rings (SSSR count). The fraction of sp³-hybridized carbons (Fsp3) is 0.500. The molecule has 0 radical (unpaired) electrons. The Bertz CT molecular complexity index is 962. The van der Waals surface area contributed by atoms with E-state index in [1.54, 1.807) is 7.11 Å². The van der Waals surface area contributed by atoms with Crippen LogP contribution >= 0.6 is 0 Å². The first kappa shape index (κ1) is 21.6. The number of aromatic nitrogens is 3. The van der Waals surface area contributed by atoms with Crippen molar-refractivity contribution in [3.05, 3.63) is 42.2 Å². The van der Waals surface area contributed by atoms with Crippen LogP contribution < -0.4 is 15.4 Å². The van der Waals surface area contributed by atoms with Gasteiger partial charge in [0.05, 0.1) is 13.2 Å². The number of aliphatic hydroxyl groups is 1. The van der Waals surface area contributed by atoms with E-state index in [9.17, 15) is 0 Å². The molecule has 0 atom stereocenters. The van der Waals surface area contributed by atoms with E-state index in [0.29, 0.717) is 11.9 Å². The third-order valence-electron chi connectivity index (χ3n) is 6.14. The first-order chi connectivity index (χ1) is 15.2. The lowest BCUT2D eigenvalue weighted by molar-refractivity contribution is 0.130. The third kappa shape index (κ3) is 5.74. The summed E-state index contributed by atoms with van der Waals surface area (Å²) in [4.78, 5) is 12.4. The zero-order valence-electron chi connectivity index (χ0n) is 18.2. The largest absolute Gasteiger partial charge is 0.497 e. The van der Waals surface area contributed by atoms with Gasteiger partial charge in [-0.15, -0.1) is 0 Å². The number of H-pyrrole nitrogens is 1. The summed E-state index contributed by atoms with van der Waals surface area (Å²) >= 11 is 0. The number of nitrogens with one attached hydrogen (secondary N) is 3. The highest BCUT2D eigenvalue weighted by molar-refractivity contribution is 5.80. The molecule has 0 unspecified atom stereocenters. The van der Waals surface area contributed by atoms with Crippen LogP contribution in [-0.4, -0.2) is 46.4 Å². The molecule has 3 heterocycles. The highest BCUT2D eigenvalue weighted by Gasteiger charge is 2.19. The number of hydrogen-bond acceptors (Lipinski definition) is 6. The molecule has 0 spiro atoms. The predicted molar refractivity (Wildman–Crippen MR) is 124 cm³/mol. The van der Waals surface area contributed by atoms with Gasteiger partial charge < -0.3 is 25.5 Å². The molecule has 1 aliphatic heterocycles. The van der Waals surface area contributed by atoms with Crippen molar-refractivity contribution in [1.29, 1.82) is 0 Å². The first-order valence-electron chi connectivity index (χ1n) is 11.4. The Morgan fingerprint density at radius 2 is 1.90 bits per heavy atom. The van der Waals surface area contributed by atoms with Gasteiger partial charge in [0.1, 0.15) is 11.4 Å². The van der Waals surface area contributed by atoms with Gasteiger partial charge in [0.2, 0.25) is 5.95 Å². The average molecular weight is 424 g/mol. The average Bonchev–Trinajstić information content (AvgIpc) is 3.24. The maximum Gasteiger partial charge on any atom is 0.229 e. The molecule has 1 aliphatic carbocycles. The van der Waals surface area contributed by atoms with Crippen molar-refractivity contribution in [3.8, 4) is 5.75 Å². The number of aromatic amines is 1. The molecule has 1 saturated carbocycles. The number of benzene rings is 1. The molecule has 2 aliphatic rings. The molecular formula is C24H33N5O2. The van der Waals surface area contributed by atoms with Crippen LogP contribution in [0, 0.1) is 0 Å². The van der Waals surface area contributed by atoms with Gasteiger partial charge in [-0.2, -0.15) is 4.98 Å². The highest BCUT2D eigenvalue weighted by atomic mass is 16.5. The summed E-state index contributed by atoms with van der Waals surface area (Å²) in [5, 5.41) is 16.7. The Morgan fingerprint density at radius 3 is 2.61 bits per heavy atom. The third-order valence-corrected chi connectivity index (χ3v) is 6.14. The molecule has 0 amide bonds. The van der Waals surface area contributed by atoms with Crippen molar-refractivity contribution in [3.63, 3.8) is 0 Å². The van der Waals surface area contributed by atoms with Gasteiger partial charge in [-0.25, -0.2) is 4.98 Å². The van der Waals surface area contributed by atoms with Crippen LogP contribution in [0.25, 0.3) is 11.0 Å². The van der Waals surface area contributed by atoms with Crippen LogP contribution in [0.15, 0.2) is 36.7 Å². The minimum Gasteiger partial charge on any atom is -0.497 e. The molecule has 166 valence electrons. The number of nitrogens with zero attached hydrogens (tertiary/aromatic N) is 2. The Morgan fingerprint density at radius 1 is 1.10 bits per heavy atom. The molecule has 7 nitrogen and oxygen atoms in total. The van der Waals surface area contributed by atoms with Gasteiger partial charge in [0, 0.05) is 29.5 Å². The molecule has 1 saturated heterocycles. The summed E-state index contributed by atoms with van der Waals surface area (Å²) in [5.41, 5.74) is 3.11. The highest BCUT2D eigenvalue weighted by Crippen LogP contribution is 2.31. The number of fused-ring (bicyclic) bond motifs is 1. The quantitative estimate of drug-likeness (QED) is 0.494. The molecule has 2 aromatic heterocycles. The second kappa shape index (κ2) is 10.6. The van der Waals surface area contributed by atoms with Gasteiger partial charge in [-0.3, -0.25) is 0 Å². The summed E-state index contributed by atoms with van der Waals surface area (Å²) < 4.78 is 5.24. The SMILES string of the molecule is COc1cccc(Nc2ncc3c(C4CCNCC4)c[nH]c3n2)c1.OC1CCCCC1. The summed E-state index contributed by atoms with van der Waals surface area (Å²) in [6.45, 7) is 2.15. The number of methoxy groups -OCH3 is 1. The molecular weight excluding hydrogens is 390 g/mol. The molecule has 4 N–H and O–H groups in total. The van der Waals surface area contributed by atoms with Gasteiger partial charge >= 0.3 is 0 Å². The standard InChI is InChI=1S/C18H21N5O.C6H12O/c1-24-14-4-2-3-13(9-14)22-18-21-11-16-15(10-20-17(16)23-18)12-5-7-19-8-6-12;7-6-4-2-1-3-5-6/h2-4,9-12,19H,5-8H2,1H3,(H2,20,21,22,23);6-7H,1-5H2. The van der Waals surface area contributed by atoms with Gasteiger partial charge in [0.25, 0.3) is 0 Å². The normalized spacial score (nSPS) is 17.7. The number of aliphatic hydroxyl groups excluding tert-OH is 1. The van der Waals surface area contributed by atoms with Crippen LogP contribution in [0.4, 0.5) is 11.6 Å². The minimum absolute atomic E-state index is 0.0359. The van der Waals surface area contributed by atoms with Gasteiger partial charge in [-0.05, 0) is 62.4 Å². The maximum absolute atomic E-state index is 8.91. The van der Waals surface area contributed by atoms with Crippen LogP contribution in [0.1, 0.15) is 56.4 Å². The summed E-state index contributed by atoms with van der Waals surface area (Å²) in [7, 11) is 1.66. The van der Waals surface area contributed by atoms with E-state index in [-0.39, 0.29) is 6.10 Å². The first-order valence-corrected chi connectivity index (χ1v) is 11.4. The number of anilines is 2. The Balaban J connectivity index is 0.000000282. The van der Waals surface area contributed by atoms with Crippen molar-refractivity contribution in [2.45, 2.75) is 57.0 Å². The molecule has 31 heavy (non-hydrogen) atoms. The summed E-state index contributed by atoms with van der Waals surface area (Å²) in [5.74, 6) is 1.96. The molecule has 7 heteroatoms. The molecule has 2 fully saturated rings. The van der Waals surface area contributed by atoms with E-state index in [0.717, 1.165) is 61.2 Å². The van der Waals surface area contributed by atoms with Crippen molar-refractivity contribution < 1.29 is 9.84 Å². The predicted octanol–water partition coefficient (Wildman–Crippen LogP) is 4.49. The Hall–Kier alpha value is -2.64. The van der Waals surface area contributed by atoms with E-state index >= 15 is 0 Å². The van der Waals surface area contributed by atoms with E-state index in [1.165, 1.54) is 24.8 Å². The minimum atomic E-state index is 0.0359. The zero-order valence-corrected chi connectivity index (χ0v) is 18.2. The van der Waals surface area contributed by atoms with Crippen molar-refractivity contribution in [2.75, 3.05) is 25.5 Å². The van der Waals surface area contributed by atoms with E-state index < -0.39 is 0 Å². The van der Waals surface area contributed by atoms with E-state index in [4.69, 9.17) is 9.84 Å². The number of hydrogen-bond donors (Lipinski definition) is 4. The number of ether oxygens (including phenoxy) is 1. The van der Waals surface area contributed by atoms with E-state index in [2.05, 4.69) is 31.8 Å². The van der Waals surface area contributed by atoms with Crippen LogP contribution in [-0.2, 0) is 0 Å². The van der Waals surface area contributed by atoms with Crippen LogP contribution in [0.3, 0.4) is 0 Å². The van der Waals surface area contributed by atoms with Crippen LogP contribution in [0.5, 0.6) is 5.75 Å². The Kier molecular flexibility index (Phi) is 7.38. The van der Waals surface area contributed by atoms with Crippen molar-refractivity contribution in [2.24, 2.45) is 0 Å². The topological polar surface area (TPSA) is 95.1 Å². The van der Waals surface area contributed by atoms with Gasteiger partial charge in [0.15, 0.2) is 0 Å². The monoisotopic (exact) mass is 423 g/mol. The molecule has 3 aromatic rings. The smallest absolute Gasteiger partial charge is 0.229 e. The second-order valence-electron chi connectivity index (χ2n) is 8.37. The fourth-order valence-electron chi connectivity index (χ4n) is 4.37. The Labute approximate surface area is 183 Å².